The third-order valence-electron chi connectivity index (χ3n) is 18.4. The molecule has 0 amide bonds. The van der Waals surface area contributed by atoms with Gasteiger partial charge in [0, 0.05) is 29.3 Å². The lowest BCUT2D eigenvalue weighted by Gasteiger charge is -2.35. The predicted molar refractivity (Wildman–Crippen MR) is 330 cm³/mol. The number of nitrogens with zero attached hydrogens (tertiary/aromatic N) is 1. The summed E-state index contributed by atoms with van der Waals surface area (Å²) < 4.78 is 0. The summed E-state index contributed by atoms with van der Waals surface area (Å²) in [5, 5.41) is 0. The van der Waals surface area contributed by atoms with E-state index < -0.39 is 0 Å². The Morgan fingerprint density at radius 3 is 1.03 bits per heavy atom. The van der Waals surface area contributed by atoms with Crippen molar-refractivity contribution in [3.63, 3.8) is 0 Å². The molecule has 6 aromatic rings. The minimum atomic E-state index is -0.0137. The van der Waals surface area contributed by atoms with Crippen molar-refractivity contribution >= 4 is 11.4 Å². The molecule has 1 nitrogen and oxygen atoms in total. The van der Waals surface area contributed by atoms with Crippen molar-refractivity contribution in [2.45, 2.75) is 239 Å². The molecule has 6 aromatic carbocycles. The summed E-state index contributed by atoms with van der Waals surface area (Å²) in [6, 6.07) is 46.8. The summed E-state index contributed by atoms with van der Waals surface area (Å²) in [5.74, 6) is 0. The lowest BCUT2D eigenvalue weighted by molar-refractivity contribution is 0.394. The summed E-state index contributed by atoms with van der Waals surface area (Å²) >= 11 is 0. The van der Waals surface area contributed by atoms with Gasteiger partial charge in [0.1, 0.15) is 0 Å². The fraction of sp³-hybridized carbons (Fsp3) is 0.514. The van der Waals surface area contributed by atoms with Crippen LogP contribution in [0.2, 0.25) is 0 Å². The minimum absolute atomic E-state index is 0.00581. The summed E-state index contributed by atoms with van der Waals surface area (Å²) in [4.78, 5) is 2.35. The maximum atomic E-state index is 2.84. The van der Waals surface area contributed by atoms with Crippen LogP contribution >= 0.6 is 0 Å². The molecule has 0 aromatic heterocycles. The summed E-state index contributed by atoms with van der Waals surface area (Å²) in [6.07, 6.45) is 36.9. The third-order valence-corrected chi connectivity index (χ3v) is 18.4. The van der Waals surface area contributed by atoms with Gasteiger partial charge in [-0.3, -0.25) is 0 Å². The highest BCUT2D eigenvalue weighted by atomic mass is 15.1. The molecule has 0 fully saturated rings. The first-order valence-electron chi connectivity index (χ1n) is 31.1. The zero-order valence-electron chi connectivity index (χ0n) is 48.7. The van der Waals surface area contributed by atoms with E-state index in [4.69, 9.17) is 0 Å². The number of hydrogen-bond acceptors (Lipinski definition) is 1. The fourth-order valence-electron chi connectivity index (χ4n) is 13.9. The fourth-order valence-corrected chi connectivity index (χ4v) is 13.9. The molecule has 2 aliphatic rings. The highest BCUT2D eigenvalue weighted by molar-refractivity contribution is 5.92. The molecule has 0 spiro atoms. The molecule has 0 heterocycles. The highest BCUT2D eigenvalue weighted by Gasteiger charge is 2.48. The first-order chi connectivity index (χ1) is 36.7. The monoisotopic (exact) mass is 1000 g/mol. The molecule has 0 bridgehead atoms. The van der Waals surface area contributed by atoms with Crippen LogP contribution in [0.5, 0.6) is 0 Å². The predicted octanol–water partition coefficient (Wildman–Crippen LogP) is 23.2. The Balaban J connectivity index is 1.27. The molecule has 0 aliphatic heterocycles. The van der Waals surface area contributed by atoms with Gasteiger partial charge in [-0.1, -0.05) is 266 Å². The van der Waals surface area contributed by atoms with Crippen molar-refractivity contribution in [3.05, 3.63) is 154 Å². The average molecular weight is 1000 g/mol. The Bertz CT molecular complexity index is 2680. The second-order valence-electron chi connectivity index (χ2n) is 24.0. The quantitative estimate of drug-likeness (QED) is 0.0381. The molecule has 0 unspecified atom stereocenters. The van der Waals surface area contributed by atoms with Crippen LogP contribution in [0.1, 0.15) is 246 Å². The standard InChI is InChI=1S/C74H99N/c1-9-13-17-21-25-29-47-73(48-30-26-22-18-14-10-2)68-52-61(59-36-33-56(5)34-37-59)40-44-64(68)66-54-71-67(55-70(66)73)65-45-41-62(60-38-42-63(43-39-60)75(8)72-46-35-57(6)51-58(72)7)53-69(65)74(71,49-31-27-23-19-15-11-3)50-32-28-24-20-16-12-4/h33-46,51-55H,9-32,47-50H2,1-8H3. The van der Waals surface area contributed by atoms with Crippen molar-refractivity contribution in [3.8, 4) is 44.5 Å². The van der Waals surface area contributed by atoms with Crippen molar-refractivity contribution < 1.29 is 0 Å². The van der Waals surface area contributed by atoms with Crippen molar-refractivity contribution in [1.29, 1.82) is 0 Å². The second kappa shape index (κ2) is 27.4. The molecule has 8 rings (SSSR count). The second-order valence-corrected chi connectivity index (χ2v) is 24.0. The number of fused-ring (bicyclic) bond motifs is 6. The van der Waals surface area contributed by atoms with Crippen LogP contribution < -0.4 is 4.90 Å². The first kappa shape index (κ1) is 56.3. The SMILES string of the molecule is CCCCCCCCC1(CCCCCCCC)c2cc(-c3ccc(C)cc3)ccc2-c2cc3c(cc21)-c1ccc(-c2ccc(N(C)c4ccc(C)cc4C)cc2)cc1C3(CCCCCCCC)CCCCCCCC. The van der Waals surface area contributed by atoms with Crippen LogP contribution in [-0.4, -0.2) is 7.05 Å². The average Bonchev–Trinajstić information content (AvgIpc) is 4.00. The Kier molecular flexibility index (Phi) is 20.6. The Hall–Kier alpha value is -4.88. The first-order valence-corrected chi connectivity index (χ1v) is 31.1. The van der Waals surface area contributed by atoms with Crippen LogP contribution in [0, 0.1) is 20.8 Å². The van der Waals surface area contributed by atoms with E-state index in [1.54, 1.807) is 33.4 Å². The maximum Gasteiger partial charge on any atom is 0.0437 e. The van der Waals surface area contributed by atoms with Gasteiger partial charge in [-0.2, -0.15) is 0 Å². The zero-order chi connectivity index (χ0) is 52.6. The maximum absolute atomic E-state index is 2.84. The van der Waals surface area contributed by atoms with Gasteiger partial charge in [-0.05, 0) is 161 Å². The number of hydrogen-bond donors (Lipinski definition) is 0. The largest absolute Gasteiger partial charge is 0.344 e. The molecule has 0 atom stereocenters. The van der Waals surface area contributed by atoms with Crippen molar-refractivity contribution in [2.75, 3.05) is 11.9 Å². The molecule has 0 saturated heterocycles. The molecule has 400 valence electrons. The third kappa shape index (κ3) is 13.1. The molecule has 1 heteroatoms. The summed E-state index contributed by atoms with van der Waals surface area (Å²) in [7, 11) is 2.22. The van der Waals surface area contributed by atoms with Gasteiger partial charge in [0.2, 0.25) is 0 Å². The van der Waals surface area contributed by atoms with Crippen LogP contribution in [-0.2, 0) is 10.8 Å². The van der Waals surface area contributed by atoms with E-state index >= 15 is 0 Å². The van der Waals surface area contributed by atoms with E-state index in [0.29, 0.717) is 0 Å². The van der Waals surface area contributed by atoms with Gasteiger partial charge in [0.05, 0.1) is 0 Å². The van der Waals surface area contributed by atoms with Gasteiger partial charge >= 0.3 is 0 Å². The lowest BCUT2D eigenvalue weighted by atomic mass is 9.68. The molecule has 75 heavy (non-hydrogen) atoms. The molecule has 0 radical (unpaired) electrons. The van der Waals surface area contributed by atoms with E-state index in [0.717, 1.165) is 0 Å². The van der Waals surface area contributed by atoms with Gasteiger partial charge in [0.25, 0.3) is 0 Å². The smallest absolute Gasteiger partial charge is 0.0437 e. The van der Waals surface area contributed by atoms with Crippen LogP contribution in [0.15, 0.2) is 115 Å². The van der Waals surface area contributed by atoms with Gasteiger partial charge in [-0.15, -0.1) is 0 Å². The number of rotatable bonds is 32. The summed E-state index contributed by atoms with van der Waals surface area (Å²) in [6.45, 7) is 16.1. The summed E-state index contributed by atoms with van der Waals surface area (Å²) in [5.41, 5.74) is 24.5. The van der Waals surface area contributed by atoms with Gasteiger partial charge in [-0.25, -0.2) is 0 Å². The Morgan fingerprint density at radius 2 is 0.640 bits per heavy atom. The highest BCUT2D eigenvalue weighted by Crippen LogP contribution is 2.61. The zero-order valence-corrected chi connectivity index (χ0v) is 48.7. The normalized spacial score (nSPS) is 13.7. The van der Waals surface area contributed by atoms with Crippen LogP contribution in [0.4, 0.5) is 11.4 Å². The number of anilines is 2. The topological polar surface area (TPSA) is 3.24 Å². The Labute approximate surface area is 458 Å². The van der Waals surface area contributed by atoms with Gasteiger partial charge in [0.15, 0.2) is 0 Å². The van der Waals surface area contributed by atoms with E-state index in [-0.39, 0.29) is 10.8 Å². The molecule has 0 N–H and O–H groups in total. The van der Waals surface area contributed by atoms with Crippen LogP contribution in [0.25, 0.3) is 44.5 Å². The minimum Gasteiger partial charge on any atom is -0.344 e. The van der Waals surface area contributed by atoms with E-state index in [1.165, 1.54) is 241 Å². The van der Waals surface area contributed by atoms with Crippen molar-refractivity contribution in [2.24, 2.45) is 0 Å². The number of benzene rings is 6. The van der Waals surface area contributed by atoms with E-state index in [9.17, 15) is 0 Å². The molecule has 0 saturated carbocycles. The molecule has 2 aliphatic carbocycles. The molecular formula is C74H99N. The van der Waals surface area contributed by atoms with Gasteiger partial charge < -0.3 is 4.90 Å². The Morgan fingerprint density at radius 1 is 0.307 bits per heavy atom. The number of unbranched alkanes of at least 4 members (excludes halogenated alkanes) is 20. The van der Waals surface area contributed by atoms with Crippen LogP contribution in [0.3, 0.4) is 0 Å². The molecular weight excluding hydrogens is 903 g/mol. The van der Waals surface area contributed by atoms with E-state index in [1.807, 2.05) is 0 Å². The number of aryl methyl sites for hydroxylation is 3. The van der Waals surface area contributed by atoms with E-state index in [2.05, 4.69) is 176 Å². The van der Waals surface area contributed by atoms with Crippen molar-refractivity contribution in [1.82, 2.24) is 0 Å². The lowest BCUT2D eigenvalue weighted by Crippen LogP contribution is -2.27.